The first kappa shape index (κ1) is 26.4. The van der Waals surface area contributed by atoms with E-state index in [4.69, 9.17) is 34.8 Å². The molecular weight excluding hydrogens is 497 g/mol. The lowest BCUT2D eigenvalue weighted by Crippen LogP contribution is -2.51. The van der Waals surface area contributed by atoms with Crippen LogP contribution in [0.5, 0.6) is 0 Å². The number of hydrogen-bond donors (Lipinski definition) is 1. The second-order valence-electron chi connectivity index (χ2n) is 7.02. The monoisotopic (exact) mass is 519 g/mol. The number of rotatable bonds is 9. The maximum absolute atomic E-state index is 13.2. The molecule has 0 aliphatic rings. The van der Waals surface area contributed by atoms with Crippen LogP contribution in [0, 0.1) is 0 Å². The number of carbonyl (C=O) groups excluding carboxylic acids is 2. The molecule has 0 fully saturated rings. The smallest absolute Gasteiger partial charge is 0.243 e. The van der Waals surface area contributed by atoms with Crippen molar-refractivity contribution >= 4 is 56.6 Å². The highest BCUT2D eigenvalue weighted by Gasteiger charge is 2.31. The van der Waals surface area contributed by atoms with Gasteiger partial charge in [0, 0.05) is 25.7 Å². The van der Waals surface area contributed by atoms with E-state index >= 15 is 0 Å². The second kappa shape index (κ2) is 11.3. The molecule has 1 N–H and O–H groups in total. The predicted octanol–water partition coefficient (Wildman–Crippen LogP) is 3.82. The third-order valence-corrected chi connectivity index (χ3v) is 7.66. The summed E-state index contributed by atoms with van der Waals surface area (Å²) in [6, 6.07) is 9.75. The molecule has 0 saturated carbocycles. The molecule has 0 aliphatic carbocycles. The highest BCUT2D eigenvalue weighted by atomic mass is 35.5. The van der Waals surface area contributed by atoms with Gasteiger partial charge in [-0.1, -0.05) is 47.8 Å². The zero-order valence-corrected chi connectivity index (χ0v) is 20.9. The van der Waals surface area contributed by atoms with Gasteiger partial charge in [0.15, 0.2) is 0 Å². The van der Waals surface area contributed by atoms with E-state index in [0.29, 0.717) is 27.1 Å². The van der Waals surface area contributed by atoms with Crippen LogP contribution < -0.4 is 5.32 Å². The molecule has 0 bridgehead atoms. The average Bonchev–Trinajstić information content (AvgIpc) is 2.75. The van der Waals surface area contributed by atoms with Crippen LogP contribution in [0.2, 0.25) is 15.1 Å². The first-order chi connectivity index (χ1) is 15.0. The van der Waals surface area contributed by atoms with Crippen molar-refractivity contribution < 1.29 is 18.0 Å². The largest absolute Gasteiger partial charge is 0.357 e. The Morgan fingerprint density at radius 1 is 1.03 bits per heavy atom. The van der Waals surface area contributed by atoms with Gasteiger partial charge in [-0.3, -0.25) is 9.59 Å². The summed E-state index contributed by atoms with van der Waals surface area (Å²) in [7, 11) is -1.16. The van der Waals surface area contributed by atoms with Crippen molar-refractivity contribution in [3.63, 3.8) is 0 Å². The van der Waals surface area contributed by atoms with Crippen LogP contribution in [-0.4, -0.2) is 56.1 Å². The summed E-state index contributed by atoms with van der Waals surface area (Å²) in [6.45, 7) is 1.36. The van der Waals surface area contributed by atoms with Gasteiger partial charge in [-0.15, -0.1) is 0 Å². The summed E-state index contributed by atoms with van der Waals surface area (Å²) in [5.41, 5.74) is 0.651. The first-order valence-corrected chi connectivity index (χ1v) is 12.3. The van der Waals surface area contributed by atoms with Gasteiger partial charge in [0.25, 0.3) is 0 Å². The molecule has 0 spiro atoms. The quantitative estimate of drug-likeness (QED) is 0.544. The third-order valence-electron chi connectivity index (χ3n) is 4.85. The molecule has 0 aliphatic heterocycles. The lowest BCUT2D eigenvalue weighted by atomic mass is 10.1. The minimum atomic E-state index is -3.94. The Balaban J connectivity index is 2.32. The van der Waals surface area contributed by atoms with Crippen molar-refractivity contribution in [1.29, 1.82) is 0 Å². The Hall–Kier alpha value is -1.84. The average molecular weight is 521 g/mol. The van der Waals surface area contributed by atoms with Gasteiger partial charge in [-0.25, -0.2) is 8.42 Å². The van der Waals surface area contributed by atoms with Crippen LogP contribution in [0.4, 0.5) is 0 Å². The summed E-state index contributed by atoms with van der Waals surface area (Å²) in [6.07, 6.45) is 0.334. The molecule has 0 heterocycles. The Kier molecular flexibility index (Phi) is 9.36. The fourth-order valence-corrected chi connectivity index (χ4v) is 4.64. The van der Waals surface area contributed by atoms with Gasteiger partial charge >= 0.3 is 0 Å². The molecule has 2 aromatic carbocycles. The summed E-state index contributed by atoms with van der Waals surface area (Å²) < 4.78 is 26.7. The summed E-state index contributed by atoms with van der Waals surface area (Å²) in [5, 5.41) is 3.62. The van der Waals surface area contributed by atoms with E-state index in [1.807, 2.05) is 0 Å². The molecule has 2 amide bonds. The van der Waals surface area contributed by atoms with E-state index in [-0.39, 0.29) is 17.3 Å². The van der Waals surface area contributed by atoms with E-state index in [1.54, 1.807) is 25.1 Å². The number of sulfonamides is 1. The maximum Gasteiger partial charge on any atom is 0.243 e. The predicted molar refractivity (Wildman–Crippen MR) is 126 cm³/mol. The summed E-state index contributed by atoms with van der Waals surface area (Å²) in [4.78, 5) is 27.0. The molecule has 174 valence electrons. The van der Waals surface area contributed by atoms with E-state index in [0.717, 1.165) is 4.31 Å². The van der Waals surface area contributed by atoms with Gasteiger partial charge in [-0.05, 0) is 48.4 Å². The van der Waals surface area contributed by atoms with Gasteiger partial charge in [0.1, 0.15) is 6.04 Å². The maximum atomic E-state index is 13.2. The molecule has 7 nitrogen and oxygen atoms in total. The topological polar surface area (TPSA) is 86.8 Å². The fourth-order valence-electron chi connectivity index (χ4n) is 3.07. The SMILES string of the molecule is CC[C@H](C(=O)NC)N(Cc1ccc(Cl)c(Cl)c1)C(=O)CN(C)S(=O)(=O)c1ccc(Cl)cc1. The Labute approximate surface area is 203 Å². The van der Waals surface area contributed by atoms with E-state index in [1.165, 1.54) is 43.3 Å². The molecule has 11 heteroatoms. The molecule has 0 saturated heterocycles. The molecular formula is C21H24Cl3N3O4S. The van der Waals surface area contributed by atoms with Crippen LogP contribution in [0.1, 0.15) is 18.9 Å². The minimum Gasteiger partial charge on any atom is -0.357 e. The van der Waals surface area contributed by atoms with Crippen LogP contribution in [0.3, 0.4) is 0 Å². The van der Waals surface area contributed by atoms with Gasteiger partial charge in [-0.2, -0.15) is 4.31 Å². The van der Waals surface area contributed by atoms with Crippen molar-refractivity contribution in [2.75, 3.05) is 20.6 Å². The van der Waals surface area contributed by atoms with E-state index in [9.17, 15) is 18.0 Å². The second-order valence-corrected chi connectivity index (χ2v) is 10.3. The molecule has 0 aromatic heterocycles. The van der Waals surface area contributed by atoms with Crippen LogP contribution in [-0.2, 0) is 26.2 Å². The lowest BCUT2D eigenvalue weighted by Gasteiger charge is -2.31. The van der Waals surface area contributed by atoms with Gasteiger partial charge < -0.3 is 10.2 Å². The molecule has 0 radical (unpaired) electrons. The number of hydrogen-bond acceptors (Lipinski definition) is 4. The Bertz CT molecular complexity index is 1080. The number of amides is 2. The fraction of sp³-hybridized carbons (Fsp3) is 0.333. The Morgan fingerprint density at radius 2 is 1.66 bits per heavy atom. The summed E-state index contributed by atoms with van der Waals surface area (Å²) in [5.74, 6) is -0.893. The van der Waals surface area contributed by atoms with Gasteiger partial charge in [0.2, 0.25) is 21.8 Å². The number of nitrogens with zero attached hydrogens (tertiary/aromatic N) is 2. The third kappa shape index (κ3) is 6.36. The number of halogens is 3. The highest BCUT2D eigenvalue weighted by Crippen LogP contribution is 2.24. The van der Waals surface area contributed by atoms with Crippen molar-refractivity contribution in [2.24, 2.45) is 0 Å². The minimum absolute atomic E-state index is 0.00609. The van der Waals surface area contributed by atoms with Crippen molar-refractivity contribution in [1.82, 2.24) is 14.5 Å². The number of likely N-dealkylation sites (N-methyl/N-ethyl adjacent to an activating group) is 2. The van der Waals surface area contributed by atoms with Crippen LogP contribution in [0.25, 0.3) is 0 Å². The number of nitrogens with one attached hydrogen (secondary N) is 1. The Morgan fingerprint density at radius 3 is 2.19 bits per heavy atom. The first-order valence-electron chi connectivity index (χ1n) is 9.68. The summed E-state index contributed by atoms with van der Waals surface area (Å²) >= 11 is 17.9. The molecule has 0 unspecified atom stereocenters. The van der Waals surface area contributed by atoms with Crippen molar-refractivity contribution in [3.05, 3.63) is 63.1 Å². The van der Waals surface area contributed by atoms with Gasteiger partial charge in [0.05, 0.1) is 21.5 Å². The number of carbonyl (C=O) groups is 2. The molecule has 2 rings (SSSR count). The van der Waals surface area contributed by atoms with Crippen LogP contribution in [0.15, 0.2) is 47.4 Å². The standard InChI is InChI=1S/C21H24Cl3N3O4S/c1-4-19(21(29)25-2)27(12-14-5-10-17(23)18(24)11-14)20(28)13-26(3)32(30,31)16-8-6-15(22)7-9-16/h5-11,19H,4,12-13H2,1-3H3,(H,25,29)/t19-/m1/s1. The molecule has 2 aromatic rings. The van der Waals surface area contributed by atoms with E-state index < -0.39 is 28.5 Å². The lowest BCUT2D eigenvalue weighted by molar-refractivity contribution is -0.141. The molecule has 32 heavy (non-hydrogen) atoms. The van der Waals surface area contributed by atoms with Crippen molar-refractivity contribution in [3.8, 4) is 0 Å². The normalized spacial score (nSPS) is 12.5. The number of benzene rings is 2. The zero-order valence-electron chi connectivity index (χ0n) is 17.8. The van der Waals surface area contributed by atoms with E-state index in [2.05, 4.69) is 5.32 Å². The highest BCUT2D eigenvalue weighted by molar-refractivity contribution is 7.89. The van der Waals surface area contributed by atoms with Crippen molar-refractivity contribution in [2.45, 2.75) is 30.8 Å². The zero-order chi connectivity index (χ0) is 24.1. The molecule has 1 atom stereocenters. The van der Waals surface area contributed by atoms with Crippen LogP contribution >= 0.6 is 34.8 Å².